The lowest BCUT2D eigenvalue weighted by atomic mass is 10.1. The monoisotopic (exact) mass is 339 g/mol. The van der Waals surface area contributed by atoms with Crippen LogP contribution in [0.4, 0.5) is 5.69 Å². The first kappa shape index (κ1) is 16.1. The van der Waals surface area contributed by atoms with Gasteiger partial charge in [-0.1, -0.05) is 12.1 Å². The third kappa shape index (κ3) is 2.99. The van der Waals surface area contributed by atoms with E-state index in [0.29, 0.717) is 22.7 Å². The number of sulfone groups is 1. The molecule has 3 rings (SSSR count). The molecule has 0 amide bonds. The van der Waals surface area contributed by atoms with Crippen molar-refractivity contribution in [3.63, 3.8) is 0 Å². The topological polar surface area (TPSA) is 74.4 Å². The van der Waals surface area contributed by atoms with E-state index >= 15 is 0 Å². The van der Waals surface area contributed by atoms with Crippen molar-refractivity contribution in [2.45, 2.75) is 18.4 Å². The van der Waals surface area contributed by atoms with Gasteiger partial charge in [0.1, 0.15) is 6.07 Å². The lowest BCUT2D eigenvalue weighted by Crippen LogP contribution is -2.04. The minimum atomic E-state index is -3.27. The Morgan fingerprint density at radius 2 is 2.04 bits per heavy atom. The summed E-state index contributed by atoms with van der Waals surface area (Å²) in [6, 6.07) is 13.2. The summed E-state index contributed by atoms with van der Waals surface area (Å²) in [6.45, 7) is 2.21. The summed E-state index contributed by atoms with van der Waals surface area (Å²) >= 11 is 0. The predicted molar refractivity (Wildman–Crippen MR) is 93.7 cm³/mol. The molecule has 0 aliphatic heterocycles. The van der Waals surface area contributed by atoms with E-state index in [1.165, 1.54) is 6.26 Å². The standard InChI is InChI=1S/C18H17N3O2S/c1-13-6-7-15(9-18(13)24(2,22)23)20-11-14-12-21-8-4-3-5-17(21)16(14)10-19/h3-9,12,20H,11H2,1-2H3. The molecular formula is C18H17N3O2S. The van der Waals surface area contributed by atoms with Gasteiger partial charge < -0.3 is 9.72 Å². The fourth-order valence-corrected chi connectivity index (χ4v) is 3.74. The maximum Gasteiger partial charge on any atom is 0.175 e. The molecule has 3 aromatic rings. The van der Waals surface area contributed by atoms with Gasteiger partial charge in [0.2, 0.25) is 0 Å². The highest BCUT2D eigenvalue weighted by molar-refractivity contribution is 7.90. The summed E-state index contributed by atoms with van der Waals surface area (Å²) in [4.78, 5) is 0.315. The fourth-order valence-electron chi connectivity index (χ4n) is 2.75. The fraction of sp³-hybridized carbons (Fsp3) is 0.167. The molecule has 2 aromatic heterocycles. The van der Waals surface area contributed by atoms with Crippen molar-refractivity contribution in [1.29, 1.82) is 5.26 Å². The molecule has 0 unspecified atom stereocenters. The van der Waals surface area contributed by atoms with Gasteiger partial charge in [-0.3, -0.25) is 0 Å². The minimum Gasteiger partial charge on any atom is -0.381 e. The van der Waals surface area contributed by atoms with Crippen LogP contribution in [0.1, 0.15) is 16.7 Å². The Balaban J connectivity index is 1.91. The molecule has 0 bridgehead atoms. The summed E-state index contributed by atoms with van der Waals surface area (Å²) in [7, 11) is -3.27. The van der Waals surface area contributed by atoms with Crippen LogP contribution >= 0.6 is 0 Å². The van der Waals surface area contributed by atoms with E-state index in [1.54, 1.807) is 19.1 Å². The molecule has 2 heterocycles. The number of pyridine rings is 1. The van der Waals surface area contributed by atoms with Crippen molar-refractivity contribution in [3.8, 4) is 6.07 Å². The van der Waals surface area contributed by atoms with Crippen molar-refractivity contribution >= 4 is 21.0 Å². The van der Waals surface area contributed by atoms with Crippen LogP contribution in [0.25, 0.3) is 5.52 Å². The van der Waals surface area contributed by atoms with Crippen molar-refractivity contribution in [2.75, 3.05) is 11.6 Å². The Labute approximate surface area is 141 Å². The largest absolute Gasteiger partial charge is 0.381 e. The number of rotatable bonds is 4. The molecule has 122 valence electrons. The Morgan fingerprint density at radius 3 is 2.75 bits per heavy atom. The Hall–Kier alpha value is -2.78. The minimum absolute atomic E-state index is 0.315. The molecule has 6 heteroatoms. The summed E-state index contributed by atoms with van der Waals surface area (Å²) in [5.74, 6) is 0. The van der Waals surface area contributed by atoms with Crippen LogP contribution in [-0.4, -0.2) is 19.1 Å². The summed E-state index contributed by atoms with van der Waals surface area (Å²) < 4.78 is 25.6. The quantitative estimate of drug-likeness (QED) is 0.792. The number of aromatic nitrogens is 1. The third-order valence-electron chi connectivity index (χ3n) is 3.94. The van der Waals surface area contributed by atoms with Crippen LogP contribution in [0.5, 0.6) is 0 Å². The maximum absolute atomic E-state index is 11.8. The van der Waals surface area contributed by atoms with Crippen molar-refractivity contribution in [2.24, 2.45) is 0 Å². The van der Waals surface area contributed by atoms with E-state index in [4.69, 9.17) is 0 Å². The highest BCUT2D eigenvalue weighted by Crippen LogP contribution is 2.22. The second-order valence-electron chi connectivity index (χ2n) is 5.74. The van der Waals surface area contributed by atoms with E-state index in [1.807, 2.05) is 41.1 Å². The highest BCUT2D eigenvalue weighted by Gasteiger charge is 2.13. The van der Waals surface area contributed by atoms with Gasteiger partial charge in [0.05, 0.1) is 16.0 Å². The molecule has 0 spiro atoms. The van der Waals surface area contributed by atoms with Crippen molar-refractivity contribution in [1.82, 2.24) is 4.40 Å². The highest BCUT2D eigenvalue weighted by atomic mass is 32.2. The Morgan fingerprint density at radius 1 is 1.25 bits per heavy atom. The molecule has 0 saturated carbocycles. The van der Waals surface area contributed by atoms with Gasteiger partial charge in [0.15, 0.2) is 9.84 Å². The van der Waals surface area contributed by atoms with Gasteiger partial charge in [-0.15, -0.1) is 0 Å². The molecular weight excluding hydrogens is 322 g/mol. The van der Waals surface area contributed by atoms with E-state index in [0.717, 1.165) is 16.6 Å². The number of fused-ring (bicyclic) bond motifs is 1. The number of benzene rings is 1. The first-order chi connectivity index (χ1) is 11.4. The molecule has 0 fully saturated rings. The molecule has 0 saturated heterocycles. The number of hydrogen-bond acceptors (Lipinski definition) is 4. The number of nitriles is 1. The zero-order valence-electron chi connectivity index (χ0n) is 13.4. The lowest BCUT2D eigenvalue weighted by Gasteiger charge is -2.09. The summed E-state index contributed by atoms with van der Waals surface area (Å²) in [5, 5.41) is 12.6. The van der Waals surface area contributed by atoms with Gasteiger partial charge in [-0.05, 0) is 36.8 Å². The van der Waals surface area contributed by atoms with Crippen LogP contribution < -0.4 is 5.32 Å². The molecule has 5 nitrogen and oxygen atoms in total. The Kier molecular flexibility index (Phi) is 4.04. The molecule has 0 aliphatic carbocycles. The molecule has 24 heavy (non-hydrogen) atoms. The third-order valence-corrected chi connectivity index (χ3v) is 5.18. The van der Waals surface area contributed by atoms with E-state index in [9.17, 15) is 13.7 Å². The normalized spacial score (nSPS) is 11.4. The molecule has 0 atom stereocenters. The number of nitrogens with one attached hydrogen (secondary N) is 1. The van der Waals surface area contributed by atoms with Crippen molar-refractivity contribution in [3.05, 3.63) is 65.5 Å². The van der Waals surface area contributed by atoms with E-state index in [2.05, 4.69) is 11.4 Å². The first-order valence-corrected chi connectivity index (χ1v) is 9.32. The average Bonchev–Trinajstić information content (AvgIpc) is 2.90. The Bertz CT molecular complexity index is 1060. The molecule has 1 N–H and O–H groups in total. The predicted octanol–water partition coefficient (Wildman–Crippen LogP) is 3.14. The first-order valence-electron chi connectivity index (χ1n) is 7.43. The molecule has 0 aliphatic rings. The van der Waals surface area contributed by atoms with Gasteiger partial charge in [0.25, 0.3) is 0 Å². The van der Waals surface area contributed by atoms with Crippen molar-refractivity contribution < 1.29 is 8.42 Å². The van der Waals surface area contributed by atoms with Crippen LogP contribution in [-0.2, 0) is 16.4 Å². The van der Waals surface area contributed by atoms with Gasteiger partial charge in [-0.2, -0.15) is 5.26 Å². The molecule has 1 aromatic carbocycles. The smallest absolute Gasteiger partial charge is 0.175 e. The number of anilines is 1. The SMILES string of the molecule is Cc1ccc(NCc2cn3ccccc3c2C#N)cc1S(C)(=O)=O. The van der Waals surface area contributed by atoms with Gasteiger partial charge in [-0.25, -0.2) is 8.42 Å². The van der Waals surface area contributed by atoms with Crippen LogP contribution in [0.15, 0.2) is 53.7 Å². The van der Waals surface area contributed by atoms with Gasteiger partial charge >= 0.3 is 0 Å². The number of aryl methyl sites for hydroxylation is 1. The lowest BCUT2D eigenvalue weighted by molar-refractivity contribution is 0.601. The second-order valence-corrected chi connectivity index (χ2v) is 7.72. The van der Waals surface area contributed by atoms with E-state index < -0.39 is 9.84 Å². The van der Waals surface area contributed by atoms with Crippen LogP contribution in [0.3, 0.4) is 0 Å². The van der Waals surface area contributed by atoms with E-state index in [-0.39, 0.29) is 0 Å². The van der Waals surface area contributed by atoms with Crippen LogP contribution in [0, 0.1) is 18.3 Å². The van der Waals surface area contributed by atoms with Crippen LogP contribution in [0.2, 0.25) is 0 Å². The number of hydrogen-bond donors (Lipinski definition) is 1. The summed E-state index contributed by atoms with van der Waals surface area (Å²) in [6.07, 6.45) is 5.01. The molecule has 0 radical (unpaired) electrons. The zero-order chi connectivity index (χ0) is 17.3. The van der Waals surface area contributed by atoms with Gasteiger partial charge in [0, 0.05) is 36.4 Å². The zero-order valence-corrected chi connectivity index (χ0v) is 14.3. The summed E-state index contributed by atoms with van der Waals surface area (Å²) in [5.41, 5.74) is 3.77. The second kappa shape index (κ2) is 6.02. The maximum atomic E-state index is 11.8. The number of nitrogens with zero attached hydrogens (tertiary/aromatic N) is 2. The average molecular weight is 339 g/mol.